The maximum absolute atomic E-state index is 13.3. The highest BCUT2D eigenvalue weighted by molar-refractivity contribution is 6.36. The molecule has 1 unspecified atom stereocenters. The standard InChI is InChI=1S/C22H25Cl3N2O2/c1-4-20(22(29)26-14(2)3)27(13-15-8-5-6-9-17(15)23)21(28)12-16-18(24)10-7-11-19(16)25/h5-11,14,20H,4,12-13H2,1-3H3,(H,26,29). The molecule has 0 radical (unpaired) electrons. The van der Waals surface area contributed by atoms with Crippen molar-refractivity contribution in [1.82, 2.24) is 10.2 Å². The molecule has 0 spiro atoms. The van der Waals surface area contributed by atoms with Crippen LogP contribution in [0, 0.1) is 0 Å². The van der Waals surface area contributed by atoms with Gasteiger partial charge in [-0.05, 0) is 49.6 Å². The summed E-state index contributed by atoms with van der Waals surface area (Å²) in [5.74, 6) is -0.446. The van der Waals surface area contributed by atoms with E-state index < -0.39 is 6.04 Å². The Kier molecular flexibility index (Phi) is 8.81. The minimum atomic E-state index is -0.637. The summed E-state index contributed by atoms with van der Waals surface area (Å²) < 4.78 is 0. The number of amides is 2. The normalized spacial score (nSPS) is 12.0. The van der Waals surface area contributed by atoms with Gasteiger partial charge in [-0.15, -0.1) is 0 Å². The highest BCUT2D eigenvalue weighted by Crippen LogP contribution is 2.27. The first-order valence-corrected chi connectivity index (χ1v) is 10.6. The zero-order valence-electron chi connectivity index (χ0n) is 16.7. The molecule has 2 rings (SSSR count). The van der Waals surface area contributed by atoms with Gasteiger partial charge in [0.1, 0.15) is 6.04 Å². The van der Waals surface area contributed by atoms with E-state index in [1.165, 1.54) is 0 Å². The van der Waals surface area contributed by atoms with E-state index in [9.17, 15) is 9.59 Å². The molecule has 0 aromatic heterocycles. The predicted octanol–water partition coefficient (Wildman–Crippen LogP) is 5.52. The third-order valence-corrected chi connectivity index (χ3v) is 5.58. The lowest BCUT2D eigenvalue weighted by molar-refractivity contribution is -0.141. The fraction of sp³-hybridized carbons (Fsp3) is 0.364. The van der Waals surface area contributed by atoms with Gasteiger partial charge < -0.3 is 10.2 Å². The Bertz CT molecular complexity index is 851. The Hall–Kier alpha value is -1.75. The van der Waals surface area contributed by atoms with Gasteiger partial charge in [-0.1, -0.05) is 66.0 Å². The molecule has 29 heavy (non-hydrogen) atoms. The summed E-state index contributed by atoms with van der Waals surface area (Å²) in [5.41, 5.74) is 1.31. The molecular weight excluding hydrogens is 431 g/mol. The molecule has 0 fully saturated rings. The van der Waals surface area contributed by atoms with Gasteiger partial charge in [-0.2, -0.15) is 0 Å². The quantitative estimate of drug-likeness (QED) is 0.569. The topological polar surface area (TPSA) is 49.4 Å². The number of hydrogen-bond donors (Lipinski definition) is 1. The summed E-state index contributed by atoms with van der Waals surface area (Å²) in [4.78, 5) is 27.7. The Morgan fingerprint density at radius 2 is 1.55 bits per heavy atom. The van der Waals surface area contributed by atoms with E-state index in [2.05, 4.69) is 5.32 Å². The Labute approximate surface area is 187 Å². The molecule has 1 N–H and O–H groups in total. The molecule has 2 amide bonds. The molecule has 1 atom stereocenters. The maximum Gasteiger partial charge on any atom is 0.243 e. The Morgan fingerprint density at radius 3 is 2.10 bits per heavy atom. The third kappa shape index (κ3) is 6.36. The van der Waals surface area contributed by atoms with Crippen LogP contribution in [0.15, 0.2) is 42.5 Å². The van der Waals surface area contributed by atoms with E-state index in [1.54, 1.807) is 29.2 Å². The van der Waals surface area contributed by atoms with E-state index in [4.69, 9.17) is 34.8 Å². The van der Waals surface area contributed by atoms with Crippen LogP contribution in [0.25, 0.3) is 0 Å². The number of halogens is 3. The van der Waals surface area contributed by atoms with Crippen molar-refractivity contribution in [3.8, 4) is 0 Å². The first kappa shape index (κ1) is 23.5. The van der Waals surface area contributed by atoms with Crippen molar-refractivity contribution in [3.05, 3.63) is 68.7 Å². The van der Waals surface area contributed by atoms with Crippen molar-refractivity contribution in [1.29, 1.82) is 0 Å². The molecule has 0 aliphatic rings. The number of rotatable bonds is 8. The first-order chi connectivity index (χ1) is 13.7. The highest BCUT2D eigenvalue weighted by Gasteiger charge is 2.30. The molecule has 0 bridgehead atoms. The number of nitrogens with zero attached hydrogens (tertiary/aromatic N) is 1. The van der Waals surface area contributed by atoms with Gasteiger partial charge >= 0.3 is 0 Å². The van der Waals surface area contributed by atoms with E-state index in [1.807, 2.05) is 39.0 Å². The zero-order valence-corrected chi connectivity index (χ0v) is 19.0. The average Bonchev–Trinajstić information content (AvgIpc) is 2.65. The summed E-state index contributed by atoms with van der Waals surface area (Å²) in [6.07, 6.45) is 0.458. The second-order valence-electron chi connectivity index (χ2n) is 7.08. The van der Waals surface area contributed by atoms with Crippen LogP contribution in [0.4, 0.5) is 0 Å². The van der Waals surface area contributed by atoms with Crippen molar-refractivity contribution in [3.63, 3.8) is 0 Å². The lowest BCUT2D eigenvalue weighted by Gasteiger charge is -2.31. The molecule has 0 heterocycles. The van der Waals surface area contributed by atoms with Crippen molar-refractivity contribution in [2.75, 3.05) is 0 Å². The predicted molar refractivity (Wildman–Crippen MR) is 120 cm³/mol. The fourth-order valence-corrected chi connectivity index (χ4v) is 3.79. The smallest absolute Gasteiger partial charge is 0.243 e. The molecule has 0 saturated carbocycles. The minimum Gasteiger partial charge on any atom is -0.352 e. The largest absolute Gasteiger partial charge is 0.352 e. The Balaban J connectivity index is 2.38. The number of nitrogens with one attached hydrogen (secondary N) is 1. The molecule has 0 aliphatic heterocycles. The minimum absolute atomic E-state index is 0.00554. The van der Waals surface area contributed by atoms with Crippen LogP contribution in [0.5, 0.6) is 0 Å². The summed E-state index contributed by atoms with van der Waals surface area (Å²) in [6.45, 7) is 5.85. The van der Waals surface area contributed by atoms with Crippen LogP contribution in [0.1, 0.15) is 38.3 Å². The maximum atomic E-state index is 13.3. The lowest BCUT2D eigenvalue weighted by Crippen LogP contribution is -2.50. The second kappa shape index (κ2) is 10.9. The van der Waals surface area contributed by atoms with Crippen LogP contribution in [0.2, 0.25) is 15.1 Å². The molecule has 2 aromatic carbocycles. The van der Waals surface area contributed by atoms with Crippen molar-refractivity contribution in [2.45, 2.75) is 52.2 Å². The highest BCUT2D eigenvalue weighted by atomic mass is 35.5. The molecule has 156 valence electrons. The van der Waals surface area contributed by atoms with E-state index >= 15 is 0 Å². The van der Waals surface area contributed by atoms with Gasteiger partial charge in [0, 0.05) is 27.7 Å². The first-order valence-electron chi connectivity index (χ1n) is 9.50. The van der Waals surface area contributed by atoms with E-state index in [0.29, 0.717) is 27.1 Å². The van der Waals surface area contributed by atoms with Gasteiger partial charge in [0.2, 0.25) is 11.8 Å². The van der Waals surface area contributed by atoms with Crippen LogP contribution in [-0.2, 0) is 22.6 Å². The fourth-order valence-electron chi connectivity index (χ4n) is 3.06. The summed E-state index contributed by atoms with van der Waals surface area (Å²) in [7, 11) is 0. The van der Waals surface area contributed by atoms with E-state index in [-0.39, 0.29) is 30.8 Å². The monoisotopic (exact) mass is 454 g/mol. The van der Waals surface area contributed by atoms with Crippen LogP contribution >= 0.6 is 34.8 Å². The molecular formula is C22H25Cl3N2O2. The van der Waals surface area contributed by atoms with Crippen molar-refractivity contribution < 1.29 is 9.59 Å². The van der Waals surface area contributed by atoms with E-state index in [0.717, 1.165) is 5.56 Å². The summed E-state index contributed by atoms with van der Waals surface area (Å²) >= 11 is 18.8. The number of carbonyl (C=O) groups excluding carboxylic acids is 2. The van der Waals surface area contributed by atoms with Crippen molar-refractivity contribution in [2.24, 2.45) is 0 Å². The lowest BCUT2D eigenvalue weighted by atomic mass is 10.1. The average molecular weight is 456 g/mol. The number of benzene rings is 2. The molecule has 0 saturated heterocycles. The SMILES string of the molecule is CCC(C(=O)NC(C)C)N(Cc1ccccc1Cl)C(=O)Cc1c(Cl)cccc1Cl. The molecule has 4 nitrogen and oxygen atoms in total. The van der Waals surface area contributed by atoms with Gasteiger partial charge in [0.15, 0.2) is 0 Å². The summed E-state index contributed by atoms with van der Waals surface area (Å²) in [6, 6.07) is 11.7. The van der Waals surface area contributed by atoms with Crippen LogP contribution in [-0.4, -0.2) is 28.8 Å². The van der Waals surface area contributed by atoms with Gasteiger partial charge in [0.25, 0.3) is 0 Å². The zero-order chi connectivity index (χ0) is 21.6. The molecule has 0 aliphatic carbocycles. The number of carbonyl (C=O) groups is 2. The Morgan fingerprint density at radius 1 is 0.966 bits per heavy atom. The summed E-state index contributed by atoms with van der Waals surface area (Å²) in [5, 5.41) is 4.28. The molecule has 2 aromatic rings. The number of hydrogen-bond acceptors (Lipinski definition) is 2. The third-order valence-electron chi connectivity index (χ3n) is 4.51. The van der Waals surface area contributed by atoms with Crippen LogP contribution in [0.3, 0.4) is 0 Å². The second-order valence-corrected chi connectivity index (χ2v) is 8.30. The van der Waals surface area contributed by atoms with Crippen molar-refractivity contribution >= 4 is 46.6 Å². The van der Waals surface area contributed by atoms with Crippen LogP contribution < -0.4 is 5.32 Å². The van der Waals surface area contributed by atoms with Gasteiger partial charge in [0.05, 0.1) is 6.42 Å². The molecule has 7 heteroatoms. The van der Waals surface area contributed by atoms with Gasteiger partial charge in [-0.25, -0.2) is 0 Å². The van der Waals surface area contributed by atoms with Gasteiger partial charge in [-0.3, -0.25) is 9.59 Å².